The minimum absolute atomic E-state index is 0.640. The second-order valence-corrected chi connectivity index (χ2v) is 6.42. The zero-order valence-electron chi connectivity index (χ0n) is 10.2. The zero-order valence-corrected chi connectivity index (χ0v) is 10.2. The van der Waals surface area contributed by atoms with Crippen molar-refractivity contribution in [1.29, 1.82) is 0 Å². The molecule has 2 fully saturated rings. The van der Waals surface area contributed by atoms with E-state index in [2.05, 4.69) is 20.8 Å². The molecule has 0 heterocycles. The number of hydrogen-bond acceptors (Lipinski definition) is 0. The molecule has 0 nitrogen and oxygen atoms in total. The molecule has 14 heavy (non-hydrogen) atoms. The van der Waals surface area contributed by atoms with Crippen LogP contribution in [-0.2, 0) is 0 Å². The summed E-state index contributed by atoms with van der Waals surface area (Å²) in [5, 5.41) is 0. The Labute approximate surface area is 89.5 Å². The van der Waals surface area contributed by atoms with Gasteiger partial charge in [-0.1, -0.05) is 40.0 Å². The lowest BCUT2D eigenvalue weighted by Crippen LogP contribution is -2.29. The van der Waals surface area contributed by atoms with Crippen LogP contribution in [0.1, 0.15) is 65.7 Å². The van der Waals surface area contributed by atoms with E-state index in [-0.39, 0.29) is 0 Å². The molecule has 0 aromatic carbocycles. The van der Waals surface area contributed by atoms with E-state index in [1.165, 1.54) is 44.9 Å². The van der Waals surface area contributed by atoms with E-state index in [4.69, 9.17) is 0 Å². The molecule has 2 aliphatic rings. The summed E-state index contributed by atoms with van der Waals surface area (Å²) in [5.41, 5.74) is 0.640. The third kappa shape index (κ3) is 1.85. The summed E-state index contributed by atoms with van der Waals surface area (Å²) in [5.74, 6) is 3.07. The van der Waals surface area contributed by atoms with Crippen molar-refractivity contribution in [3.05, 3.63) is 0 Å². The highest BCUT2D eigenvalue weighted by Crippen LogP contribution is 2.50. The summed E-state index contributed by atoms with van der Waals surface area (Å²) in [6.07, 6.45) is 10.5. The van der Waals surface area contributed by atoms with Gasteiger partial charge in [-0.3, -0.25) is 0 Å². The van der Waals surface area contributed by atoms with Crippen molar-refractivity contribution in [2.45, 2.75) is 65.7 Å². The van der Waals surface area contributed by atoms with E-state index in [1.54, 1.807) is 0 Å². The van der Waals surface area contributed by atoms with Crippen LogP contribution in [0.3, 0.4) is 0 Å². The fourth-order valence-electron chi connectivity index (χ4n) is 3.89. The van der Waals surface area contributed by atoms with Crippen molar-refractivity contribution >= 4 is 0 Å². The Morgan fingerprint density at radius 2 is 1.50 bits per heavy atom. The van der Waals surface area contributed by atoms with Gasteiger partial charge in [-0.25, -0.2) is 0 Å². The van der Waals surface area contributed by atoms with Gasteiger partial charge in [0.05, 0.1) is 0 Å². The van der Waals surface area contributed by atoms with Crippen LogP contribution in [0, 0.1) is 23.2 Å². The molecule has 0 aliphatic heterocycles. The Morgan fingerprint density at radius 3 is 2.00 bits per heavy atom. The zero-order chi connectivity index (χ0) is 10.2. The van der Waals surface area contributed by atoms with Crippen LogP contribution in [0.25, 0.3) is 0 Å². The predicted molar refractivity (Wildman–Crippen MR) is 62.2 cm³/mol. The topological polar surface area (TPSA) is 0 Å². The van der Waals surface area contributed by atoms with Gasteiger partial charge in [0.15, 0.2) is 0 Å². The smallest absolute Gasteiger partial charge is 0.0297 e. The second-order valence-electron chi connectivity index (χ2n) is 6.42. The van der Waals surface area contributed by atoms with Crippen molar-refractivity contribution in [2.75, 3.05) is 0 Å². The second kappa shape index (κ2) is 3.87. The summed E-state index contributed by atoms with van der Waals surface area (Å²) < 4.78 is 0. The maximum absolute atomic E-state index is 2.55. The average molecular weight is 194 g/mol. The minimum Gasteiger partial charge on any atom is -0.0625 e. The highest BCUT2D eigenvalue weighted by molar-refractivity contribution is 4.91. The first-order valence-corrected chi connectivity index (χ1v) is 6.60. The minimum atomic E-state index is 0.640. The fourth-order valence-corrected chi connectivity index (χ4v) is 3.89. The average Bonchev–Trinajstić information content (AvgIpc) is 2.72. The Hall–Kier alpha value is 0. The van der Waals surface area contributed by atoms with Gasteiger partial charge in [0.25, 0.3) is 0 Å². The standard InChI is InChI=1S/C14H26/c1-11-8-9-13(10-11)14(2,3)12-6-4-5-7-12/h11-13H,4-10H2,1-3H3. The van der Waals surface area contributed by atoms with Crippen molar-refractivity contribution in [3.8, 4) is 0 Å². The van der Waals surface area contributed by atoms with Gasteiger partial charge >= 0.3 is 0 Å². The molecule has 0 aromatic rings. The van der Waals surface area contributed by atoms with E-state index >= 15 is 0 Å². The molecule has 2 aliphatic carbocycles. The van der Waals surface area contributed by atoms with Gasteiger partial charge in [-0.2, -0.15) is 0 Å². The maximum atomic E-state index is 2.55. The summed E-state index contributed by atoms with van der Waals surface area (Å²) in [4.78, 5) is 0. The van der Waals surface area contributed by atoms with Crippen molar-refractivity contribution in [3.63, 3.8) is 0 Å². The molecule has 0 bridgehead atoms. The van der Waals surface area contributed by atoms with E-state index in [9.17, 15) is 0 Å². The summed E-state index contributed by atoms with van der Waals surface area (Å²) in [7, 11) is 0. The van der Waals surface area contributed by atoms with Gasteiger partial charge in [0.1, 0.15) is 0 Å². The van der Waals surface area contributed by atoms with Crippen LogP contribution in [0.4, 0.5) is 0 Å². The lowest BCUT2D eigenvalue weighted by Gasteiger charge is -2.38. The van der Waals surface area contributed by atoms with Gasteiger partial charge < -0.3 is 0 Å². The van der Waals surface area contributed by atoms with Crippen molar-refractivity contribution in [1.82, 2.24) is 0 Å². The first-order valence-electron chi connectivity index (χ1n) is 6.60. The van der Waals surface area contributed by atoms with Crippen LogP contribution < -0.4 is 0 Å². The summed E-state index contributed by atoms with van der Waals surface area (Å²) in [6, 6.07) is 0. The quantitative estimate of drug-likeness (QED) is 0.601. The van der Waals surface area contributed by atoms with Gasteiger partial charge in [0.2, 0.25) is 0 Å². The van der Waals surface area contributed by atoms with E-state index in [0.717, 1.165) is 17.8 Å². The van der Waals surface area contributed by atoms with Crippen LogP contribution >= 0.6 is 0 Å². The lowest BCUT2D eigenvalue weighted by atomic mass is 9.67. The molecule has 0 spiro atoms. The molecule has 2 saturated carbocycles. The largest absolute Gasteiger partial charge is 0.0625 e. The Balaban J connectivity index is 1.99. The number of rotatable bonds is 2. The SMILES string of the molecule is CC1CCC(C(C)(C)C2CCCC2)C1. The molecular weight excluding hydrogens is 168 g/mol. The first kappa shape index (κ1) is 10.5. The van der Waals surface area contributed by atoms with E-state index < -0.39 is 0 Å². The molecule has 2 rings (SSSR count). The summed E-state index contributed by atoms with van der Waals surface area (Å²) >= 11 is 0. The molecule has 0 N–H and O–H groups in total. The Morgan fingerprint density at radius 1 is 0.857 bits per heavy atom. The molecule has 0 amide bonds. The van der Waals surface area contributed by atoms with Crippen molar-refractivity contribution in [2.24, 2.45) is 23.2 Å². The third-order valence-electron chi connectivity index (χ3n) is 5.15. The van der Waals surface area contributed by atoms with E-state index in [0.29, 0.717) is 5.41 Å². The molecular formula is C14H26. The molecule has 2 atom stereocenters. The molecule has 2 unspecified atom stereocenters. The summed E-state index contributed by atoms with van der Waals surface area (Å²) in [6.45, 7) is 7.53. The molecule has 0 aromatic heterocycles. The monoisotopic (exact) mass is 194 g/mol. The van der Waals surface area contributed by atoms with Crippen LogP contribution in [0.2, 0.25) is 0 Å². The Bertz CT molecular complexity index is 186. The normalized spacial score (nSPS) is 35.4. The highest BCUT2D eigenvalue weighted by Gasteiger charge is 2.40. The van der Waals surface area contributed by atoms with Gasteiger partial charge in [-0.15, -0.1) is 0 Å². The molecule has 0 radical (unpaired) electrons. The molecule has 82 valence electrons. The maximum Gasteiger partial charge on any atom is -0.0297 e. The lowest BCUT2D eigenvalue weighted by molar-refractivity contribution is 0.118. The Kier molecular flexibility index (Phi) is 2.91. The highest BCUT2D eigenvalue weighted by atomic mass is 14.5. The van der Waals surface area contributed by atoms with Crippen LogP contribution in [0.15, 0.2) is 0 Å². The predicted octanol–water partition coefficient (Wildman–Crippen LogP) is 4.64. The van der Waals surface area contributed by atoms with Gasteiger partial charge in [-0.05, 0) is 48.9 Å². The molecule has 0 heteroatoms. The van der Waals surface area contributed by atoms with Crippen LogP contribution in [0.5, 0.6) is 0 Å². The van der Waals surface area contributed by atoms with Crippen molar-refractivity contribution < 1.29 is 0 Å². The number of hydrogen-bond donors (Lipinski definition) is 0. The fraction of sp³-hybridized carbons (Fsp3) is 1.00. The van der Waals surface area contributed by atoms with Gasteiger partial charge in [0, 0.05) is 0 Å². The van der Waals surface area contributed by atoms with E-state index in [1.807, 2.05) is 0 Å². The first-order chi connectivity index (χ1) is 6.60. The molecule has 0 saturated heterocycles. The third-order valence-corrected chi connectivity index (χ3v) is 5.15. The van der Waals surface area contributed by atoms with Crippen LogP contribution in [-0.4, -0.2) is 0 Å².